The number of benzene rings is 1. The Hall–Kier alpha value is -0.970. The molecule has 1 saturated carbocycles. The number of likely N-dealkylation sites (tertiary alicyclic amines) is 1. The molecule has 1 aromatic rings. The normalized spacial score (nSPS) is 24.1. The van der Waals surface area contributed by atoms with Crippen LogP contribution in [0.5, 0.6) is 11.5 Å². The average Bonchev–Trinajstić information content (AvgIpc) is 3.11. The molecule has 1 N–H and O–H groups in total. The van der Waals surface area contributed by atoms with Gasteiger partial charge in [-0.15, -0.1) is 0 Å². The van der Waals surface area contributed by atoms with Crippen LogP contribution in [0.1, 0.15) is 18.4 Å². The second kappa shape index (κ2) is 5.10. The van der Waals surface area contributed by atoms with Gasteiger partial charge in [-0.05, 0) is 30.5 Å². The van der Waals surface area contributed by atoms with Crippen molar-refractivity contribution in [3.63, 3.8) is 0 Å². The Balaban J connectivity index is 1.76. The Morgan fingerprint density at radius 3 is 2.65 bits per heavy atom. The highest BCUT2D eigenvalue weighted by Crippen LogP contribution is 2.53. The first-order valence-corrected chi connectivity index (χ1v) is 7.26. The lowest BCUT2D eigenvalue weighted by atomic mass is 10.0. The maximum atomic E-state index is 10.1. The highest BCUT2D eigenvalue weighted by Gasteiger charge is 2.54. The molecular weight excluding hydrogens is 278 g/mol. The van der Waals surface area contributed by atoms with Crippen LogP contribution in [0, 0.1) is 5.41 Å². The van der Waals surface area contributed by atoms with Gasteiger partial charge < -0.3 is 14.6 Å². The van der Waals surface area contributed by atoms with Crippen molar-refractivity contribution in [2.75, 3.05) is 27.3 Å². The Kier molecular flexibility index (Phi) is 3.56. The second-order valence-electron chi connectivity index (χ2n) is 5.86. The minimum Gasteiger partial charge on any atom is -0.493 e. The molecule has 1 atom stereocenters. The van der Waals surface area contributed by atoms with E-state index in [1.54, 1.807) is 14.2 Å². The van der Waals surface area contributed by atoms with Gasteiger partial charge >= 0.3 is 0 Å². The first-order valence-electron chi connectivity index (χ1n) is 6.89. The predicted octanol–water partition coefficient (Wildman–Crippen LogP) is 2.31. The standard InChI is InChI=1S/C15H20ClNO3/c1-19-12-6-10(5-11(16)14(12)20-2)7-17-8-13(18)15(9-17)3-4-15/h5-6,13,18H,3-4,7-9H2,1-2H3. The van der Waals surface area contributed by atoms with Crippen LogP contribution in [0.3, 0.4) is 0 Å². The van der Waals surface area contributed by atoms with Gasteiger partial charge in [0, 0.05) is 25.0 Å². The van der Waals surface area contributed by atoms with Gasteiger partial charge in [-0.3, -0.25) is 4.90 Å². The van der Waals surface area contributed by atoms with E-state index in [-0.39, 0.29) is 11.5 Å². The van der Waals surface area contributed by atoms with Crippen LogP contribution in [-0.2, 0) is 6.54 Å². The minimum absolute atomic E-state index is 0.181. The Bertz CT molecular complexity index is 516. The zero-order valence-corrected chi connectivity index (χ0v) is 12.6. The van der Waals surface area contributed by atoms with Crippen molar-refractivity contribution < 1.29 is 14.6 Å². The third kappa shape index (κ3) is 2.36. The summed E-state index contributed by atoms with van der Waals surface area (Å²) in [6, 6.07) is 3.86. The number of rotatable bonds is 4. The number of aliphatic hydroxyl groups excluding tert-OH is 1. The highest BCUT2D eigenvalue weighted by molar-refractivity contribution is 6.32. The van der Waals surface area contributed by atoms with Crippen molar-refractivity contribution in [3.8, 4) is 11.5 Å². The fraction of sp³-hybridized carbons (Fsp3) is 0.600. The summed E-state index contributed by atoms with van der Waals surface area (Å²) in [5, 5.41) is 10.7. The summed E-state index contributed by atoms with van der Waals surface area (Å²) in [6.07, 6.45) is 2.12. The fourth-order valence-corrected chi connectivity index (χ4v) is 3.46. The number of ether oxygens (including phenoxy) is 2. The van der Waals surface area contributed by atoms with Gasteiger partial charge in [0.1, 0.15) is 0 Å². The molecule has 5 heteroatoms. The first-order chi connectivity index (χ1) is 9.58. The molecule has 20 heavy (non-hydrogen) atoms. The van der Waals surface area contributed by atoms with Gasteiger partial charge in [-0.25, -0.2) is 0 Å². The highest BCUT2D eigenvalue weighted by atomic mass is 35.5. The molecule has 2 aliphatic rings. The van der Waals surface area contributed by atoms with Crippen molar-refractivity contribution >= 4 is 11.6 Å². The van der Waals surface area contributed by atoms with Gasteiger partial charge in [0.05, 0.1) is 25.3 Å². The quantitative estimate of drug-likeness (QED) is 0.926. The predicted molar refractivity (Wildman–Crippen MR) is 77.5 cm³/mol. The number of halogens is 1. The van der Waals surface area contributed by atoms with E-state index in [1.165, 1.54) is 0 Å². The van der Waals surface area contributed by atoms with E-state index >= 15 is 0 Å². The Labute approximate surface area is 124 Å². The van der Waals surface area contributed by atoms with Crippen molar-refractivity contribution in [3.05, 3.63) is 22.7 Å². The second-order valence-corrected chi connectivity index (χ2v) is 6.27. The number of hydrogen-bond donors (Lipinski definition) is 1. The van der Waals surface area contributed by atoms with Crippen molar-refractivity contribution in [2.24, 2.45) is 5.41 Å². The van der Waals surface area contributed by atoms with Crippen molar-refractivity contribution in [1.29, 1.82) is 0 Å². The Morgan fingerprint density at radius 1 is 1.35 bits per heavy atom. The van der Waals surface area contributed by atoms with E-state index in [0.29, 0.717) is 16.5 Å². The molecule has 2 fully saturated rings. The van der Waals surface area contributed by atoms with E-state index in [1.807, 2.05) is 12.1 Å². The maximum absolute atomic E-state index is 10.1. The molecule has 0 aromatic heterocycles. The lowest BCUT2D eigenvalue weighted by molar-refractivity contribution is 0.131. The van der Waals surface area contributed by atoms with Crippen LogP contribution >= 0.6 is 11.6 Å². The van der Waals surface area contributed by atoms with Crippen LogP contribution < -0.4 is 9.47 Å². The lowest BCUT2D eigenvalue weighted by Gasteiger charge is -2.17. The number of aliphatic hydroxyl groups is 1. The van der Waals surface area contributed by atoms with Gasteiger partial charge in [-0.1, -0.05) is 11.6 Å². The summed E-state index contributed by atoms with van der Waals surface area (Å²) in [5.41, 5.74) is 1.26. The summed E-state index contributed by atoms with van der Waals surface area (Å²) in [4.78, 5) is 2.29. The summed E-state index contributed by atoms with van der Waals surface area (Å²) >= 11 is 6.22. The van der Waals surface area contributed by atoms with Crippen molar-refractivity contribution in [1.82, 2.24) is 4.90 Å². The first kappa shape index (κ1) is 14.0. The van der Waals surface area contributed by atoms with Crippen LogP contribution in [0.4, 0.5) is 0 Å². The largest absolute Gasteiger partial charge is 0.493 e. The zero-order valence-electron chi connectivity index (χ0n) is 11.9. The van der Waals surface area contributed by atoms with E-state index in [9.17, 15) is 5.11 Å². The Morgan fingerprint density at radius 2 is 2.10 bits per heavy atom. The molecule has 1 unspecified atom stereocenters. The molecule has 4 nitrogen and oxygen atoms in total. The molecule has 0 amide bonds. The zero-order chi connectivity index (χ0) is 14.3. The fourth-order valence-electron chi connectivity index (χ4n) is 3.15. The minimum atomic E-state index is -0.182. The molecule has 1 heterocycles. The molecule has 0 radical (unpaired) electrons. The number of β-amino-alcohol motifs (C(OH)–C–C–N with tert-alkyl or cyclic N) is 1. The lowest BCUT2D eigenvalue weighted by Crippen LogP contribution is -2.21. The van der Waals surface area contributed by atoms with Crippen LogP contribution in [0.2, 0.25) is 5.02 Å². The smallest absolute Gasteiger partial charge is 0.179 e. The average molecular weight is 298 g/mol. The summed E-state index contributed by atoms with van der Waals surface area (Å²) in [5.74, 6) is 1.22. The molecule has 3 rings (SSSR count). The van der Waals surface area contributed by atoms with Gasteiger partial charge in [0.15, 0.2) is 11.5 Å². The molecule has 1 saturated heterocycles. The van der Waals surface area contributed by atoms with E-state index in [4.69, 9.17) is 21.1 Å². The summed E-state index contributed by atoms with van der Waals surface area (Å²) in [6.45, 7) is 2.49. The topological polar surface area (TPSA) is 41.9 Å². The number of nitrogens with zero attached hydrogens (tertiary/aromatic N) is 1. The molecular formula is C15H20ClNO3. The molecule has 1 aliphatic carbocycles. The van der Waals surface area contributed by atoms with E-state index in [2.05, 4.69) is 4.90 Å². The van der Waals surface area contributed by atoms with Gasteiger partial charge in [-0.2, -0.15) is 0 Å². The van der Waals surface area contributed by atoms with Gasteiger partial charge in [0.2, 0.25) is 0 Å². The van der Waals surface area contributed by atoms with Crippen LogP contribution in [0.25, 0.3) is 0 Å². The molecule has 1 aliphatic heterocycles. The third-order valence-corrected chi connectivity index (χ3v) is 4.75. The van der Waals surface area contributed by atoms with Gasteiger partial charge in [0.25, 0.3) is 0 Å². The van der Waals surface area contributed by atoms with Crippen LogP contribution in [0.15, 0.2) is 12.1 Å². The third-order valence-electron chi connectivity index (χ3n) is 4.47. The number of hydrogen-bond acceptors (Lipinski definition) is 4. The summed E-state index contributed by atoms with van der Waals surface area (Å²) < 4.78 is 10.6. The molecule has 110 valence electrons. The van der Waals surface area contributed by atoms with Crippen molar-refractivity contribution in [2.45, 2.75) is 25.5 Å². The maximum Gasteiger partial charge on any atom is 0.179 e. The molecule has 1 spiro atoms. The van der Waals surface area contributed by atoms with E-state index < -0.39 is 0 Å². The SMILES string of the molecule is COc1cc(CN2CC(O)C3(CC3)C2)cc(Cl)c1OC. The summed E-state index contributed by atoms with van der Waals surface area (Å²) in [7, 11) is 3.19. The molecule has 0 bridgehead atoms. The van der Waals surface area contributed by atoms with Crippen LogP contribution in [-0.4, -0.2) is 43.4 Å². The molecule has 1 aromatic carbocycles. The van der Waals surface area contributed by atoms with E-state index in [0.717, 1.165) is 38.0 Å². The number of methoxy groups -OCH3 is 2. The monoisotopic (exact) mass is 297 g/mol.